The molecular weight excluding hydrogens is 578 g/mol. The summed E-state index contributed by atoms with van der Waals surface area (Å²) in [6.45, 7) is 10.4. The number of carbonyl (C=O) groups is 2. The Morgan fingerprint density at radius 2 is 1.73 bits per heavy atom. The van der Waals surface area contributed by atoms with Gasteiger partial charge in [-0.1, -0.05) is 32.0 Å². The molecule has 4 rings (SSSR count). The zero-order chi connectivity index (χ0) is 32.2. The summed E-state index contributed by atoms with van der Waals surface area (Å²) in [6, 6.07) is 7.29. The number of fused-ring (bicyclic) bond motifs is 1. The minimum atomic E-state index is -4.10. The molecule has 10 nitrogen and oxygen atoms in total. The third kappa shape index (κ3) is 7.50. The van der Waals surface area contributed by atoms with Crippen molar-refractivity contribution in [3.63, 3.8) is 0 Å². The molecule has 0 saturated carbocycles. The molecule has 11 heteroatoms. The largest absolute Gasteiger partial charge is 0.496 e. The lowest BCUT2D eigenvalue weighted by atomic mass is 9.99. The van der Waals surface area contributed by atoms with E-state index in [1.165, 1.54) is 0 Å². The van der Waals surface area contributed by atoms with E-state index < -0.39 is 28.0 Å². The fraction of sp³-hybridized carbons (Fsp3) is 0.485. The molecule has 3 aromatic rings. The first-order valence-electron chi connectivity index (χ1n) is 15.2. The topological polar surface area (TPSA) is 144 Å². The highest BCUT2D eigenvalue weighted by Crippen LogP contribution is 2.31. The number of benzene rings is 2. The summed E-state index contributed by atoms with van der Waals surface area (Å²) in [4.78, 5) is 33.8. The van der Waals surface area contributed by atoms with E-state index in [0.717, 1.165) is 35.6 Å². The number of pyridine rings is 1. The number of nitrogens with zero attached hydrogens (tertiary/aromatic N) is 2. The van der Waals surface area contributed by atoms with Crippen LogP contribution in [0.5, 0.6) is 5.75 Å². The number of nitrogen functional groups attached to an aromatic ring is 1. The van der Waals surface area contributed by atoms with Crippen molar-refractivity contribution >= 4 is 38.4 Å². The highest BCUT2D eigenvalue weighted by atomic mass is 32.2. The van der Waals surface area contributed by atoms with E-state index in [1.54, 1.807) is 45.0 Å². The number of amides is 2. The molecule has 1 fully saturated rings. The van der Waals surface area contributed by atoms with Crippen molar-refractivity contribution in [1.82, 2.24) is 19.9 Å². The van der Waals surface area contributed by atoms with Gasteiger partial charge in [-0.2, -0.15) is 4.72 Å². The van der Waals surface area contributed by atoms with Crippen LogP contribution in [0.25, 0.3) is 10.8 Å². The van der Waals surface area contributed by atoms with Gasteiger partial charge >= 0.3 is 0 Å². The summed E-state index contributed by atoms with van der Waals surface area (Å²) in [6.07, 6.45) is 5.01. The number of hydrogen-bond acceptors (Lipinski definition) is 7. The lowest BCUT2D eigenvalue weighted by Crippen LogP contribution is -2.56. The normalized spacial score (nSPS) is 15.3. The van der Waals surface area contributed by atoms with Crippen molar-refractivity contribution in [3.8, 4) is 5.75 Å². The number of ether oxygens (including phenoxy) is 1. The number of carbonyl (C=O) groups excluding carboxylic acids is 2. The molecular formula is C33H45N5O5S. The predicted molar refractivity (Wildman–Crippen MR) is 173 cm³/mol. The summed E-state index contributed by atoms with van der Waals surface area (Å²) in [5.41, 5.74) is 8.67. The highest BCUT2D eigenvalue weighted by molar-refractivity contribution is 7.89. The number of nitrogens with two attached hydrogens (primary N) is 1. The number of rotatable bonds is 11. The number of nitrogens with one attached hydrogen (secondary N) is 2. The first-order valence-corrected chi connectivity index (χ1v) is 16.7. The Morgan fingerprint density at radius 3 is 2.39 bits per heavy atom. The van der Waals surface area contributed by atoms with Crippen LogP contribution >= 0.6 is 0 Å². The van der Waals surface area contributed by atoms with Gasteiger partial charge in [0.1, 0.15) is 23.7 Å². The van der Waals surface area contributed by atoms with Crippen molar-refractivity contribution in [1.29, 1.82) is 0 Å². The SMILES string of the molecule is COc1cc(C)c(S(=O)(=O)N[C@@H](CC(C)C)C(=O)NC(Cc2ccc3c(N)nccc3c2)C(=O)N2CCCCC2)c(C)c1C. The number of aryl methyl sites for hydroxylation is 1. The van der Waals surface area contributed by atoms with E-state index in [4.69, 9.17) is 10.5 Å². The Hall–Kier alpha value is -3.70. The van der Waals surface area contributed by atoms with E-state index >= 15 is 0 Å². The fourth-order valence-electron chi connectivity index (χ4n) is 5.99. The molecule has 4 N–H and O–H groups in total. The molecule has 0 bridgehead atoms. The Kier molecular flexibility index (Phi) is 10.5. The number of anilines is 1. The second-order valence-corrected chi connectivity index (χ2v) is 13.8. The summed E-state index contributed by atoms with van der Waals surface area (Å²) in [7, 11) is -2.56. The molecule has 238 valence electrons. The van der Waals surface area contributed by atoms with E-state index in [9.17, 15) is 18.0 Å². The van der Waals surface area contributed by atoms with Gasteiger partial charge in [0.15, 0.2) is 0 Å². The predicted octanol–water partition coefficient (Wildman–Crippen LogP) is 4.18. The van der Waals surface area contributed by atoms with Gasteiger partial charge in [0.05, 0.1) is 12.0 Å². The van der Waals surface area contributed by atoms with Gasteiger partial charge in [0, 0.05) is 31.1 Å². The van der Waals surface area contributed by atoms with Crippen LogP contribution in [0.2, 0.25) is 0 Å². The summed E-state index contributed by atoms with van der Waals surface area (Å²) in [5, 5.41) is 4.64. The number of aromatic nitrogens is 1. The molecule has 1 aromatic heterocycles. The fourth-order valence-corrected chi connectivity index (χ4v) is 7.73. The van der Waals surface area contributed by atoms with E-state index in [1.807, 2.05) is 38.1 Å². The summed E-state index contributed by atoms with van der Waals surface area (Å²) >= 11 is 0. The van der Waals surface area contributed by atoms with Crippen LogP contribution in [0.4, 0.5) is 5.82 Å². The monoisotopic (exact) mass is 623 g/mol. The Morgan fingerprint density at radius 1 is 1.02 bits per heavy atom. The van der Waals surface area contributed by atoms with Gasteiger partial charge in [-0.05, 0) is 92.1 Å². The second-order valence-electron chi connectivity index (χ2n) is 12.2. The molecule has 1 aliphatic rings. The van der Waals surface area contributed by atoms with E-state index in [2.05, 4.69) is 15.0 Å². The molecule has 1 aliphatic heterocycles. The zero-order valence-electron chi connectivity index (χ0n) is 26.6. The lowest BCUT2D eigenvalue weighted by Gasteiger charge is -2.32. The molecule has 0 radical (unpaired) electrons. The van der Waals surface area contributed by atoms with Gasteiger partial charge in [-0.15, -0.1) is 0 Å². The number of hydrogen-bond donors (Lipinski definition) is 3. The average Bonchev–Trinajstić information content (AvgIpc) is 2.98. The van der Waals surface area contributed by atoms with Crippen LogP contribution in [0.3, 0.4) is 0 Å². The summed E-state index contributed by atoms with van der Waals surface area (Å²) < 4.78 is 35.7. The smallest absolute Gasteiger partial charge is 0.245 e. The van der Waals surface area contributed by atoms with Crippen LogP contribution in [-0.2, 0) is 26.0 Å². The third-order valence-corrected chi connectivity index (χ3v) is 10.1. The van der Waals surface area contributed by atoms with Gasteiger partial charge in [-0.3, -0.25) is 9.59 Å². The van der Waals surface area contributed by atoms with Gasteiger partial charge in [-0.25, -0.2) is 13.4 Å². The second kappa shape index (κ2) is 13.9. The van der Waals surface area contributed by atoms with Crippen LogP contribution in [0.15, 0.2) is 41.4 Å². The molecule has 0 aliphatic carbocycles. The maximum Gasteiger partial charge on any atom is 0.245 e. The highest BCUT2D eigenvalue weighted by Gasteiger charge is 2.33. The third-order valence-electron chi connectivity index (χ3n) is 8.37. The number of methoxy groups -OCH3 is 1. The Labute approximate surface area is 260 Å². The van der Waals surface area contributed by atoms with Crippen LogP contribution < -0.4 is 20.5 Å². The molecule has 1 unspecified atom stereocenters. The van der Waals surface area contributed by atoms with Gasteiger partial charge in [0.25, 0.3) is 0 Å². The molecule has 2 amide bonds. The lowest BCUT2D eigenvalue weighted by molar-refractivity contribution is -0.137. The maximum atomic E-state index is 13.9. The number of piperidine rings is 1. The number of likely N-dealkylation sites (tertiary alicyclic amines) is 1. The molecule has 2 heterocycles. The summed E-state index contributed by atoms with van der Waals surface area (Å²) in [5.74, 6) is 0.319. The van der Waals surface area contributed by atoms with Crippen molar-refractivity contribution in [2.75, 3.05) is 25.9 Å². The maximum absolute atomic E-state index is 13.9. The Balaban J connectivity index is 1.64. The first kappa shape index (κ1) is 33.2. The van der Waals surface area contributed by atoms with E-state index in [-0.39, 0.29) is 29.6 Å². The van der Waals surface area contributed by atoms with Crippen molar-refractivity contribution in [2.24, 2.45) is 5.92 Å². The van der Waals surface area contributed by atoms with Crippen molar-refractivity contribution in [3.05, 3.63) is 58.8 Å². The van der Waals surface area contributed by atoms with E-state index in [0.29, 0.717) is 41.3 Å². The van der Waals surface area contributed by atoms with Crippen molar-refractivity contribution < 1.29 is 22.7 Å². The van der Waals surface area contributed by atoms with Crippen molar-refractivity contribution in [2.45, 2.75) is 83.7 Å². The van der Waals surface area contributed by atoms with Gasteiger partial charge < -0.3 is 20.7 Å². The first-order chi connectivity index (χ1) is 20.8. The van der Waals surface area contributed by atoms with Crippen LogP contribution in [-0.4, -0.2) is 62.4 Å². The molecule has 0 spiro atoms. The average molecular weight is 624 g/mol. The van der Waals surface area contributed by atoms with Gasteiger partial charge in [0.2, 0.25) is 21.8 Å². The molecule has 1 saturated heterocycles. The standard InChI is InChI=1S/C33H45N5O5S/c1-20(2)16-27(37-44(41,42)30-21(3)17-29(43-6)22(4)23(30)5)32(39)36-28(33(40)38-14-8-7-9-15-38)19-24-10-11-26-25(18-24)12-13-35-31(26)34/h10-13,17-18,20,27-28,37H,7-9,14-16,19H2,1-6H3,(H2,34,35)(H,36,39)/t27-,28?/m0/s1. The Bertz CT molecular complexity index is 1630. The minimum Gasteiger partial charge on any atom is -0.496 e. The quantitative estimate of drug-likeness (QED) is 0.291. The zero-order valence-corrected chi connectivity index (χ0v) is 27.4. The minimum absolute atomic E-state index is 0.00375. The van der Waals surface area contributed by atoms with Crippen LogP contribution in [0, 0.1) is 26.7 Å². The molecule has 44 heavy (non-hydrogen) atoms. The molecule has 2 aromatic carbocycles. The molecule has 2 atom stereocenters. The number of sulfonamides is 1. The van der Waals surface area contributed by atoms with Crippen LogP contribution in [0.1, 0.15) is 61.8 Å².